The van der Waals surface area contributed by atoms with Gasteiger partial charge in [0.2, 0.25) is 5.91 Å². The molecule has 1 aromatic carbocycles. The molecule has 0 N–H and O–H groups in total. The lowest BCUT2D eigenvalue weighted by Crippen LogP contribution is -2.59. The summed E-state index contributed by atoms with van der Waals surface area (Å²) in [5.41, 5.74) is 1.28. The predicted octanol–water partition coefficient (Wildman–Crippen LogP) is 4.71. The number of fused-ring (bicyclic) bond motifs is 1. The van der Waals surface area contributed by atoms with Crippen molar-refractivity contribution in [1.82, 2.24) is 19.8 Å². The molecule has 0 saturated carbocycles. The molecule has 2 atom stereocenters. The first kappa shape index (κ1) is 24.7. The minimum atomic E-state index is -4.48. The number of carbonyl (C=O) groups is 1. The van der Waals surface area contributed by atoms with Crippen molar-refractivity contribution in [3.63, 3.8) is 0 Å². The van der Waals surface area contributed by atoms with Gasteiger partial charge >= 0.3 is 6.18 Å². The molecular formula is C26H28F3N5OS. The molecular weight excluding hydrogens is 487 g/mol. The number of hydrogen-bond acceptors (Lipinski definition) is 6. The van der Waals surface area contributed by atoms with Gasteiger partial charge in [-0.1, -0.05) is 36.4 Å². The Hall–Kier alpha value is -2.98. The molecule has 5 rings (SSSR count). The van der Waals surface area contributed by atoms with Gasteiger partial charge in [-0.15, -0.1) is 11.3 Å². The molecule has 0 aliphatic carbocycles. The summed E-state index contributed by atoms with van der Waals surface area (Å²) in [5.74, 6) is 0.386. The second-order valence-electron chi connectivity index (χ2n) is 9.47. The number of piperazine rings is 1. The third-order valence-electron chi connectivity index (χ3n) is 6.87. The van der Waals surface area contributed by atoms with E-state index in [1.165, 1.54) is 6.07 Å². The summed E-state index contributed by atoms with van der Waals surface area (Å²) in [6.07, 6.45) is -3.74. The molecule has 2 aromatic heterocycles. The van der Waals surface area contributed by atoms with Gasteiger partial charge in [-0.25, -0.2) is 9.97 Å². The van der Waals surface area contributed by atoms with E-state index in [1.807, 2.05) is 54.0 Å². The Morgan fingerprint density at radius 3 is 2.44 bits per heavy atom. The van der Waals surface area contributed by atoms with Crippen LogP contribution in [0.4, 0.5) is 19.0 Å². The largest absolute Gasteiger partial charge is 0.433 e. The molecule has 0 radical (unpaired) electrons. The first-order chi connectivity index (χ1) is 17.2. The van der Waals surface area contributed by atoms with E-state index in [0.29, 0.717) is 32.0 Å². The van der Waals surface area contributed by atoms with Crippen LogP contribution in [0.3, 0.4) is 0 Å². The molecule has 2 aliphatic heterocycles. The molecule has 1 amide bonds. The van der Waals surface area contributed by atoms with Gasteiger partial charge in [0.25, 0.3) is 0 Å². The van der Waals surface area contributed by atoms with Crippen LogP contribution in [0.25, 0.3) is 10.6 Å². The van der Waals surface area contributed by atoms with Crippen LogP contribution < -0.4 is 4.90 Å². The van der Waals surface area contributed by atoms with Crippen LogP contribution in [-0.2, 0) is 23.9 Å². The van der Waals surface area contributed by atoms with E-state index in [4.69, 9.17) is 4.98 Å². The van der Waals surface area contributed by atoms with Crippen LogP contribution in [0.15, 0.2) is 48.5 Å². The second kappa shape index (κ2) is 9.82. The SMILES string of the molecule is C[C@@H]1CN(c2cccc(C(F)(F)F)n2)C[C@H](C)N1CC(=O)N1CCc2nc(-c3ccccc3)sc2C1. The van der Waals surface area contributed by atoms with Crippen LogP contribution in [0.2, 0.25) is 0 Å². The summed E-state index contributed by atoms with van der Waals surface area (Å²) in [7, 11) is 0. The Labute approximate surface area is 212 Å². The number of alkyl halides is 3. The fourth-order valence-corrected chi connectivity index (χ4v) is 6.11. The fourth-order valence-electron chi connectivity index (χ4n) is 4.98. The van der Waals surface area contributed by atoms with E-state index < -0.39 is 11.9 Å². The normalized spacial score (nSPS) is 20.9. The van der Waals surface area contributed by atoms with Crippen molar-refractivity contribution < 1.29 is 18.0 Å². The molecule has 6 nitrogen and oxygen atoms in total. The van der Waals surface area contributed by atoms with E-state index in [-0.39, 0.29) is 24.5 Å². The van der Waals surface area contributed by atoms with E-state index in [0.717, 1.165) is 33.6 Å². The Bertz CT molecular complexity index is 1220. The Morgan fingerprint density at radius 1 is 1.03 bits per heavy atom. The molecule has 1 saturated heterocycles. The molecule has 1 fully saturated rings. The van der Waals surface area contributed by atoms with Crippen LogP contribution in [0, 0.1) is 0 Å². The second-order valence-corrected chi connectivity index (χ2v) is 10.6. The smallest absolute Gasteiger partial charge is 0.353 e. The average Bonchev–Trinajstić information content (AvgIpc) is 3.30. The van der Waals surface area contributed by atoms with Gasteiger partial charge in [0.15, 0.2) is 0 Å². The van der Waals surface area contributed by atoms with Gasteiger partial charge < -0.3 is 9.80 Å². The number of hydrogen-bond donors (Lipinski definition) is 0. The standard InChI is InChI=1S/C26H28F3N5OS/c1-17-13-33(23-10-6-9-22(31-23)26(27,28)29)14-18(2)34(17)16-24(35)32-12-11-20-21(15-32)36-25(30-20)19-7-4-3-5-8-19/h3-10,17-18H,11-16H2,1-2H3/t17-,18+. The van der Waals surface area contributed by atoms with Crippen molar-refractivity contribution in [2.24, 2.45) is 0 Å². The first-order valence-corrected chi connectivity index (χ1v) is 12.9. The molecule has 0 bridgehead atoms. The number of anilines is 1. The number of carbonyl (C=O) groups excluding carboxylic acids is 1. The topological polar surface area (TPSA) is 52.6 Å². The van der Waals surface area contributed by atoms with Crippen LogP contribution in [0.1, 0.15) is 30.1 Å². The number of rotatable bonds is 4. The summed E-state index contributed by atoms with van der Waals surface area (Å²) >= 11 is 1.65. The van der Waals surface area contributed by atoms with Crippen molar-refractivity contribution in [3.8, 4) is 10.6 Å². The minimum absolute atomic E-state index is 0.0116. The lowest BCUT2D eigenvalue weighted by Gasteiger charge is -2.45. The number of nitrogens with zero attached hydrogens (tertiary/aromatic N) is 5. The van der Waals surface area contributed by atoms with Gasteiger partial charge in [-0.3, -0.25) is 9.69 Å². The summed E-state index contributed by atoms with van der Waals surface area (Å²) in [6.45, 7) is 6.51. The van der Waals surface area contributed by atoms with Crippen molar-refractivity contribution >= 4 is 23.1 Å². The van der Waals surface area contributed by atoms with Crippen molar-refractivity contribution in [1.29, 1.82) is 0 Å². The van der Waals surface area contributed by atoms with Gasteiger partial charge in [0.05, 0.1) is 18.8 Å². The third-order valence-corrected chi connectivity index (χ3v) is 8.00. The number of halogens is 3. The van der Waals surface area contributed by atoms with E-state index in [2.05, 4.69) is 9.88 Å². The highest BCUT2D eigenvalue weighted by Crippen LogP contribution is 2.32. The summed E-state index contributed by atoms with van der Waals surface area (Å²) < 4.78 is 39.3. The van der Waals surface area contributed by atoms with Crippen LogP contribution in [0.5, 0.6) is 0 Å². The van der Waals surface area contributed by atoms with Gasteiger partial charge in [-0.2, -0.15) is 13.2 Å². The zero-order valence-corrected chi connectivity index (χ0v) is 21.0. The molecule has 4 heterocycles. The number of amides is 1. The molecule has 190 valence electrons. The highest BCUT2D eigenvalue weighted by molar-refractivity contribution is 7.15. The number of benzene rings is 1. The van der Waals surface area contributed by atoms with Gasteiger partial charge in [0, 0.05) is 48.6 Å². The molecule has 10 heteroatoms. The summed E-state index contributed by atoms with van der Waals surface area (Å²) in [4.78, 5) is 29.0. The highest BCUT2D eigenvalue weighted by atomic mass is 32.1. The quantitative estimate of drug-likeness (QED) is 0.504. The maximum absolute atomic E-state index is 13.3. The van der Waals surface area contributed by atoms with Crippen molar-refractivity contribution in [3.05, 3.63) is 64.8 Å². The predicted molar refractivity (Wildman–Crippen MR) is 134 cm³/mol. The van der Waals surface area contributed by atoms with Crippen molar-refractivity contribution in [2.75, 3.05) is 31.1 Å². The molecule has 2 aliphatic rings. The lowest BCUT2D eigenvalue weighted by atomic mass is 10.1. The molecule has 0 unspecified atom stereocenters. The highest BCUT2D eigenvalue weighted by Gasteiger charge is 2.36. The fraction of sp³-hybridized carbons (Fsp3) is 0.423. The maximum atomic E-state index is 13.3. The summed E-state index contributed by atoms with van der Waals surface area (Å²) in [6, 6.07) is 14.0. The average molecular weight is 516 g/mol. The Kier molecular flexibility index (Phi) is 6.74. The molecule has 3 aromatic rings. The zero-order valence-electron chi connectivity index (χ0n) is 20.2. The maximum Gasteiger partial charge on any atom is 0.433 e. The zero-order chi connectivity index (χ0) is 25.4. The van der Waals surface area contributed by atoms with Gasteiger partial charge in [-0.05, 0) is 26.0 Å². The number of pyridine rings is 1. The number of thiazole rings is 1. The lowest BCUT2D eigenvalue weighted by molar-refractivity contribution is -0.141. The Balaban J connectivity index is 1.22. The molecule has 36 heavy (non-hydrogen) atoms. The van der Waals surface area contributed by atoms with E-state index in [1.54, 1.807) is 17.4 Å². The Morgan fingerprint density at radius 2 is 1.75 bits per heavy atom. The van der Waals surface area contributed by atoms with E-state index >= 15 is 0 Å². The van der Waals surface area contributed by atoms with E-state index in [9.17, 15) is 18.0 Å². The van der Waals surface area contributed by atoms with Crippen molar-refractivity contribution in [2.45, 2.75) is 45.1 Å². The third kappa shape index (κ3) is 5.10. The molecule has 0 spiro atoms. The van der Waals surface area contributed by atoms with Gasteiger partial charge in [0.1, 0.15) is 16.5 Å². The minimum Gasteiger partial charge on any atom is -0.353 e. The monoisotopic (exact) mass is 515 g/mol. The summed E-state index contributed by atoms with van der Waals surface area (Å²) in [5, 5.41) is 0.983. The first-order valence-electron chi connectivity index (χ1n) is 12.1. The van der Waals surface area contributed by atoms with Crippen LogP contribution in [-0.4, -0.2) is 63.9 Å². The van der Waals surface area contributed by atoms with Crippen LogP contribution >= 0.6 is 11.3 Å². The number of aromatic nitrogens is 2.